The van der Waals surface area contributed by atoms with Gasteiger partial charge >= 0.3 is 0 Å². The van der Waals surface area contributed by atoms with Crippen molar-refractivity contribution < 1.29 is 9.50 Å². The Balaban J connectivity index is 1.59. The van der Waals surface area contributed by atoms with Crippen molar-refractivity contribution >= 4 is 5.84 Å². The molecule has 1 N–H and O–H groups in total. The predicted octanol–water partition coefficient (Wildman–Crippen LogP) is 4.72. The first kappa shape index (κ1) is 25.1. The van der Waals surface area contributed by atoms with E-state index in [4.69, 9.17) is 15.1 Å². The molecular weight excluding hydrogens is 455 g/mol. The van der Waals surface area contributed by atoms with Crippen LogP contribution in [0.2, 0.25) is 0 Å². The molecule has 3 aliphatic rings. The van der Waals surface area contributed by atoms with Gasteiger partial charge in [-0.2, -0.15) is 5.10 Å². The number of aliphatic hydroxyl groups is 1. The number of hydrogen-bond donors (Lipinski definition) is 1. The van der Waals surface area contributed by atoms with E-state index in [9.17, 15) is 9.50 Å². The fraction of sp³-hybridized carbons (Fsp3) is 0.643. The third-order valence-electron chi connectivity index (χ3n) is 8.18. The number of allylic oxidation sites excluding steroid dienone is 2. The maximum atomic E-state index is 14.2. The molecule has 4 heterocycles. The van der Waals surface area contributed by atoms with Crippen molar-refractivity contribution in [1.82, 2.24) is 24.6 Å². The lowest BCUT2D eigenvalue weighted by Crippen LogP contribution is -2.33. The van der Waals surface area contributed by atoms with Gasteiger partial charge in [-0.05, 0) is 84.6 Å². The number of hydrogen-bond acceptors (Lipinski definition) is 6. The summed E-state index contributed by atoms with van der Waals surface area (Å²) in [5.74, 6) is 1.10. The van der Waals surface area contributed by atoms with Crippen LogP contribution in [0.3, 0.4) is 0 Å². The highest BCUT2D eigenvalue weighted by Gasteiger charge is 2.31. The number of halogens is 1. The van der Waals surface area contributed by atoms with E-state index in [1.807, 2.05) is 32.4 Å². The highest BCUT2D eigenvalue weighted by molar-refractivity contribution is 5.96. The fourth-order valence-corrected chi connectivity index (χ4v) is 5.71. The lowest BCUT2D eigenvalue weighted by Gasteiger charge is -2.32. The first-order valence-corrected chi connectivity index (χ1v) is 13.4. The minimum Gasteiger partial charge on any atom is -0.390 e. The quantitative estimate of drug-likeness (QED) is 0.668. The van der Waals surface area contributed by atoms with Gasteiger partial charge in [-0.3, -0.25) is 9.98 Å². The summed E-state index contributed by atoms with van der Waals surface area (Å²) in [6, 6.07) is 2.26. The van der Waals surface area contributed by atoms with Crippen LogP contribution in [0.15, 0.2) is 22.8 Å². The molecule has 0 aromatic carbocycles. The largest absolute Gasteiger partial charge is 0.390 e. The van der Waals surface area contributed by atoms with Crippen molar-refractivity contribution in [3.63, 3.8) is 0 Å². The Bertz CT molecular complexity index is 1190. The minimum absolute atomic E-state index is 0.128. The fourth-order valence-electron chi connectivity index (χ4n) is 5.71. The number of aliphatic imine (C=N–C) groups is 1. The Kier molecular flexibility index (Phi) is 6.74. The smallest absolute Gasteiger partial charge is 0.151 e. The molecule has 2 aromatic heterocycles. The normalized spacial score (nSPS) is 31.6. The number of likely N-dealkylation sites (tertiary alicyclic amines) is 1. The van der Waals surface area contributed by atoms with Gasteiger partial charge in [0.1, 0.15) is 17.6 Å². The highest BCUT2D eigenvalue weighted by Crippen LogP contribution is 2.32. The summed E-state index contributed by atoms with van der Waals surface area (Å²) in [6.07, 6.45) is 6.94. The number of rotatable bonds is 3. The molecule has 1 aliphatic carbocycles. The third-order valence-corrected chi connectivity index (χ3v) is 8.18. The van der Waals surface area contributed by atoms with Gasteiger partial charge in [-0.15, -0.1) is 0 Å². The van der Waals surface area contributed by atoms with E-state index in [-0.39, 0.29) is 6.04 Å². The summed E-state index contributed by atoms with van der Waals surface area (Å²) in [6.45, 7) is 11.3. The molecular formula is C28H39FN6O. The standard InChI is InChI=1S/C28H39FN6O/c1-17-6-7-23-14-24(27-20(4)30-18(2)19(3)31-27)33-35(23)26(15-25(17)34-13-10-21(29)16-34)32-22-8-11-28(5,36)12-9-22/h14-15,17,21-22,36H,6-13,16H2,1-5H3/b25-15+,32-26?. The molecule has 0 spiro atoms. The second kappa shape index (κ2) is 9.69. The Morgan fingerprint density at radius 2 is 1.78 bits per heavy atom. The molecule has 8 heteroatoms. The molecule has 0 bridgehead atoms. The SMILES string of the molecule is Cc1nc(C)c(-c2cc3n(n2)C(=NC2CCC(C)(O)CC2)/C=C(/N2CCC(F)C2)C(C)CC3)nc1C. The Labute approximate surface area is 213 Å². The maximum absolute atomic E-state index is 14.2. The van der Waals surface area contributed by atoms with Gasteiger partial charge < -0.3 is 10.0 Å². The number of aryl methyl sites for hydroxylation is 4. The van der Waals surface area contributed by atoms with Crippen molar-refractivity contribution in [3.8, 4) is 11.4 Å². The summed E-state index contributed by atoms with van der Waals surface area (Å²) in [4.78, 5) is 16.9. The molecule has 2 aliphatic heterocycles. The average Bonchev–Trinajstić information content (AvgIpc) is 3.44. The van der Waals surface area contributed by atoms with Crippen LogP contribution in [0.25, 0.3) is 11.4 Å². The van der Waals surface area contributed by atoms with Crippen LogP contribution >= 0.6 is 0 Å². The maximum Gasteiger partial charge on any atom is 0.151 e. The summed E-state index contributed by atoms with van der Waals surface area (Å²) in [5, 5.41) is 15.5. The Morgan fingerprint density at radius 3 is 2.47 bits per heavy atom. The summed E-state index contributed by atoms with van der Waals surface area (Å²) < 4.78 is 16.1. The Hall–Kier alpha value is -2.61. The minimum atomic E-state index is -0.775. The zero-order valence-electron chi connectivity index (χ0n) is 22.3. The molecule has 194 valence electrons. The Morgan fingerprint density at radius 1 is 1.06 bits per heavy atom. The lowest BCUT2D eigenvalue weighted by atomic mass is 9.84. The van der Waals surface area contributed by atoms with Crippen molar-refractivity contribution in [1.29, 1.82) is 0 Å². The van der Waals surface area contributed by atoms with Gasteiger partial charge in [0.15, 0.2) is 5.84 Å². The molecule has 2 fully saturated rings. The number of nitrogens with zero attached hydrogens (tertiary/aromatic N) is 6. The van der Waals surface area contributed by atoms with E-state index < -0.39 is 11.8 Å². The van der Waals surface area contributed by atoms with Gasteiger partial charge in [-0.25, -0.2) is 14.1 Å². The van der Waals surface area contributed by atoms with Gasteiger partial charge in [0, 0.05) is 30.6 Å². The van der Waals surface area contributed by atoms with E-state index in [0.717, 1.165) is 90.8 Å². The lowest BCUT2D eigenvalue weighted by molar-refractivity contribution is 0.0181. The first-order chi connectivity index (χ1) is 17.1. The molecule has 1 saturated carbocycles. The van der Waals surface area contributed by atoms with Crippen molar-refractivity contribution in [2.75, 3.05) is 13.1 Å². The van der Waals surface area contributed by atoms with Gasteiger partial charge in [-0.1, -0.05) is 6.92 Å². The van der Waals surface area contributed by atoms with Gasteiger partial charge in [0.25, 0.3) is 0 Å². The molecule has 0 amide bonds. The van der Waals surface area contributed by atoms with Crippen LogP contribution in [0.4, 0.5) is 4.39 Å². The van der Waals surface area contributed by atoms with Crippen LogP contribution in [0, 0.1) is 26.7 Å². The molecule has 0 radical (unpaired) electrons. The van der Waals surface area contributed by atoms with Crippen molar-refractivity contribution in [2.24, 2.45) is 10.9 Å². The summed E-state index contributed by atoms with van der Waals surface area (Å²) in [7, 11) is 0. The number of aromatic nitrogens is 4. The molecule has 36 heavy (non-hydrogen) atoms. The molecule has 1 saturated heterocycles. The van der Waals surface area contributed by atoms with Crippen LogP contribution in [-0.4, -0.2) is 66.5 Å². The highest BCUT2D eigenvalue weighted by atomic mass is 19.1. The average molecular weight is 495 g/mol. The van der Waals surface area contributed by atoms with Crippen molar-refractivity contribution in [2.45, 2.75) is 97.4 Å². The van der Waals surface area contributed by atoms with E-state index in [0.29, 0.717) is 18.9 Å². The predicted molar refractivity (Wildman–Crippen MR) is 140 cm³/mol. The second-order valence-electron chi connectivity index (χ2n) is 11.3. The van der Waals surface area contributed by atoms with Crippen LogP contribution in [-0.2, 0) is 6.42 Å². The number of fused-ring (bicyclic) bond motifs is 1. The van der Waals surface area contributed by atoms with Gasteiger partial charge in [0.2, 0.25) is 0 Å². The number of alkyl halides is 1. The van der Waals surface area contributed by atoms with Crippen LogP contribution in [0.1, 0.15) is 75.1 Å². The summed E-state index contributed by atoms with van der Waals surface area (Å²) in [5.41, 5.74) is 5.98. The topological polar surface area (TPSA) is 79.4 Å². The molecule has 7 nitrogen and oxygen atoms in total. The first-order valence-electron chi connectivity index (χ1n) is 13.4. The van der Waals surface area contributed by atoms with Gasteiger partial charge in [0.05, 0.1) is 28.7 Å². The zero-order chi connectivity index (χ0) is 25.6. The molecule has 2 unspecified atom stereocenters. The third kappa shape index (κ3) is 5.10. The van der Waals surface area contributed by atoms with Crippen LogP contribution < -0.4 is 0 Å². The zero-order valence-corrected chi connectivity index (χ0v) is 22.3. The molecule has 2 aromatic rings. The van der Waals surface area contributed by atoms with Crippen LogP contribution in [0.5, 0.6) is 0 Å². The van der Waals surface area contributed by atoms with E-state index >= 15 is 0 Å². The molecule has 2 atom stereocenters. The second-order valence-corrected chi connectivity index (χ2v) is 11.3. The van der Waals surface area contributed by atoms with E-state index in [2.05, 4.69) is 29.0 Å². The van der Waals surface area contributed by atoms with Crippen molar-refractivity contribution in [3.05, 3.63) is 40.6 Å². The molecule has 5 rings (SSSR count). The monoisotopic (exact) mass is 494 g/mol. The van der Waals surface area contributed by atoms with E-state index in [1.165, 1.54) is 0 Å². The van der Waals surface area contributed by atoms with E-state index in [1.54, 1.807) is 0 Å². The summed E-state index contributed by atoms with van der Waals surface area (Å²) >= 11 is 0.